The fourth-order valence-electron chi connectivity index (χ4n) is 3.72. The number of aromatic nitrogens is 2. The maximum absolute atomic E-state index is 13.6. The number of aromatic hydroxyl groups is 2. The number of halogens is 1. The quantitative estimate of drug-likeness (QED) is 0.366. The van der Waals surface area contributed by atoms with Crippen molar-refractivity contribution in [3.63, 3.8) is 0 Å². The number of phenolic OH excluding ortho intramolecular Hbond substituents is 1. The van der Waals surface area contributed by atoms with Gasteiger partial charge in [-0.3, -0.25) is 9.36 Å². The minimum atomic E-state index is -0.851. The lowest BCUT2D eigenvalue weighted by Crippen LogP contribution is -2.23. The molecular weight excluding hydrogens is 459 g/mol. The summed E-state index contributed by atoms with van der Waals surface area (Å²) in [5, 5.41) is 21.3. The highest BCUT2D eigenvalue weighted by atomic mass is 32.2. The summed E-state index contributed by atoms with van der Waals surface area (Å²) in [7, 11) is 0. The monoisotopic (exact) mass is 476 g/mol. The van der Waals surface area contributed by atoms with Crippen LogP contribution in [0.1, 0.15) is 11.3 Å². The van der Waals surface area contributed by atoms with Gasteiger partial charge in [0, 0.05) is 5.69 Å². The van der Waals surface area contributed by atoms with Crippen molar-refractivity contribution in [1.29, 1.82) is 0 Å². The lowest BCUT2D eigenvalue weighted by atomic mass is 10.1. The average molecular weight is 476 g/mol. The largest absolute Gasteiger partial charge is 0.507 e. The van der Waals surface area contributed by atoms with E-state index in [0.717, 1.165) is 11.8 Å². The summed E-state index contributed by atoms with van der Waals surface area (Å²) in [5.41, 5.74) is 0.00383. The summed E-state index contributed by atoms with van der Waals surface area (Å²) in [4.78, 5) is 31.0. The Morgan fingerprint density at radius 1 is 1.03 bits per heavy atom. The molecule has 5 rings (SSSR count). The number of rotatable bonds is 4. The van der Waals surface area contributed by atoms with Crippen molar-refractivity contribution in [3.05, 3.63) is 98.5 Å². The van der Waals surface area contributed by atoms with E-state index >= 15 is 0 Å². The number of phenols is 1. The molecule has 2 aromatic carbocycles. The fourth-order valence-corrected chi connectivity index (χ4v) is 4.58. The SMILES string of the molecule is Cc1ccc2c3oc(=O)c(Sc4ccccc4O)c(O)c3c(=O)n(Cc3ccc(F)cc3)c2n1. The minimum absolute atomic E-state index is 0.0581. The number of para-hydroxylation sites is 1. The molecule has 7 nitrogen and oxygen atoms in total. The van der Waals surface area contributed by atoms with Crippen LogP contribution < -0.4 is 11.2 Å². The molecule has 9 heteroatoms. The number of fused-ring (bicyclic) bond motifs is 3. The average Bonchev–Trinajstić information content (AvgIpc) is 2.81. The summed E-state index contributed by atoms with van der Waals surface area (Å²) in [6.07, 6.45) is 0. The second-order valence-corrected chi connectivity index (χ2v) is 8.73. The summed E-state index contributed by atoms with van der Waals surface area (Å²) in [6, 6.07) is 15.4. The third kappa shape index (κ3) is 3.69. The zero-order valence-corrected chi connectivity index (χ0v) is 18.6. The molecule has 0 fully saturated rings. The van der Waals surface area contributed by atoms with Gasteiger partial charge in [-0.05, 0) is 48.9 Å². The molecule has 0 atom stereocenters. The van der Waals surface area contributed by atoms with Gasteiger partial charge in [-0.1, -0.05) is 36.0 Å². The van der Waals surface area contributed by atoms with Crippen molar-refractivity contribution >= 4 is 33.8 Å². The third-order valence-corrected chi connectivity index (χ3v) is 6.49. The molecule has 0 aliphatic carbocycles. The van der Waals surface area contributed by atoms with E-state index in [0.29, 0.717) is 21.5 Å². The van der Waals surface area contributed by atoms with E-state index in [1.807, 2.05) is 0 Å². The highest BCUT2D eigenvalue weighted by Crippen LogP contribution is 2.39. The lowest BCUT2D eigenvalue weighted by molar-refractivity contribution is 0.446. The van der Waals surface area contributed by atoms with Crippen molar-refractivity contribution in [1.82, 2.24) is 9.55 Å². The molecule has 0 aliphatic rings. The van der Waals surface area contributed by atoms with Crippen LogP contribution in [-0.4, -0.2) is 19.8 Å². The molecule has 5 aromatic rings. The smallest absolute Gasteiger partial charge is 0.354 e. The molecule has 170 valence electrons. The topological polar surface area (TPSA) is 106 Å². The van der Waals surface area contributed by atoms with Gasteiger partial charge in [0.15, 0.2) is 11.3 Å². The van der Waals surface area contributed by atoms with Crippen LogP contribution in [-0.2, 0) is 6.54 Å². The van der Waals surface area contributed by atoms with Gasteiger partial charge in [-0.15, -0.1) is 0 Å². The Balaban J connectivity index is 1.80. The molecule has 0 spiro atoms. The highest BCUT2D eigenvalue weighted by Gasteiger charge is 2.23. The zero-order chi connectivity index (χ0) is 24.0. The molecule has 0 aliphatic heterocycles. The Morgan fingerprint density at radius 2 is 1.76 bits per heavy atom. The van der Waals surface area contributed by atoms with Crippen LogP contribution in [0.3, 0.4) is 0 Å². The Morgan fingerprint density at radius 3 is 2.50 bits per heavy atom. The van der Waals surface area contributed by atoms with Crippen LogP contribution in [0.5, 0.6) is 11.5 Å². The van der Waals surface area contributed by atoms with E-state index in [4.69, 9.17) is 4.42 Å². The molecule has 0 saturated carbocycles. The summed E-state index contributed by atoms with van der Waals surface area (Å²) in [6.45, 7) is 1.82. The van der Waals surface area contributed by atoms with Crippen LogP contribution in [0.2, 0.25) is 0 Å². The number of hydrogen-bond acceptors (Lipinski definition) is 7. The number of hydrogen-bond donors (Lipinski definition) is 2. The van der Waals surface area contributed by atoms with Crippen LogP contribution in [0.4, 0.5) is 4.39 Å². The molecule has 0 bridgehead atoms. The Bertz CT molecular complexity index is 1690. The van der Waals surface area contributed by atoms with Crippen LogP contribution in [0.25, 0.3) is 22.0 Å². The van der Waals surface area contributed by atoms with Crippen LogP contribution in [0.15, 0.2) is 84.5 Å². The first-order valence-electron chi connectivity index (χ1n) is 10.2. The number of pyridine rings is 2. The van der Waals surface area contributed by atoms with Gasteiger partial charge < -0.3 is 14.6 Å². The van der Waals surface area contributed by atoms with Gasteiger partial charge in [-0.25, -0.2) is 14.2 Å². The highest BCUT2D eigenvalue weighted by molar-refractivity contribution is 7.99. The number of nitrogens with zero attached hydrogens (tertiary/aromatic N) is 2. The van der Waals surface area contributed by atoms with Crippen LogP contribution in [0, 0.1) is 12.7 Å². The predicted molar refractivity (Wildman–Crippen MR) is 126 cm³/mol. The van der Waals surface area contributed by atoms with Crippen molar-refractivity contribution in [2.75, 3.05) is 0 Å². The van der Waals surface area contributed by atoms with E-state index < -0.39 is 22.8 Å². The summed E-state index contributed by atoms with van der Waals surface area (Å²) in [5.74, 6) is -1.03. The maximum Gasteiger partial charge on any atom is 0.354 e. The van der Waals surface area contributed by atoms with Crippen molar-refractivity contribution < 1.29 is 19.0 Å². The van der Waals surface area contributed by atoms with E-state index in [2.05, 4.69) is 4.98 Å². The first-order chi connectivity index (χ1) is 16.3. The molecule has 0 amide bonds. The minimum Gasteiger partial charge on any atom is -0.507 e. The first kappa shape index (κ1) is 21.7. The van der Waals surface area contributed by atoms with E-state index in [1.165, 1.54) is 22.8 Å². The fraction of sp³-hybridized carbons (Fsp3) is 0.0800. The molecular formula is C25H17FN2O5S. The van der Waals surface area contributed by atoms with Gasteiger partial charge >= 0.3 is 5.63 Å². The normalized spacial score (nSPS) is 11.4. The first-order valence-corrected chi connectivity index (χ1v) is 11.1. The summed E-state index contributed by atoms with van der Waals surface area (Å²) >= 11 is 0.799. The van der Waals surface area contributed by atoms with Crippen molar-refractivity contribution in [2.45, 2.75) is 23.3 Å². The van der Waals surface area contributed by atoms with Crippen molar-refractivity contribution in [3.8, 4) is 11.5 Å². The molecule has 3 aromatic heterocycles. The molecule has 2 N–H and O–H groups in total. The van der Waals surface area contributed by atoms with Gasteiger partial charge in [0.1, 0.15) is 27.5 Å². The molecule has 0 radical (unpaired) electrons. The van der Waals surface area contributed by atoms with Gasteiger partial charge in [-0.2, -0.15) is 0 Å². The second-order valence-electron chi connectivity index (χ2n) is 7.68. The standard InChI is InChI=1S/C25H17FN2O5S/c1-13-6-11-16-21-19(20(30)22(25(32)33-21)34-18-5-3-2-4-17(18)29)24(31)28(23(16)27-13)12-14-7-9-15(26)10-8-14/h2-11,29-30H,12H2,1H3. The molecule has 3 heterocycles. The van der Waals surface area contributed by atoms with E-state index in [1.54, 1.807) is 49.4 Å². The Kier molecular flexibility index (Phi) is 5.33. The third-order valence-electron chi connectivity index (χ3n) is 5.36. The van der Waals surface area contributed by atoms with E-state index in [-0.39, 0.29) is 33.8 Å². The maximum atomic E-state index is 13.6. The van der Waals surface area contributed by atoms with E-state index in [9.17, 15) is 24.2 Å². The molecule has 0 unspecified atom stereocenters. The number of aryl methyl sites for hydroxylation is 1. The Hall–Kier alpha value is -4.11. The van der Waals surface area contributed by atoms with Crippen molar-refractivity contribution in [2.24, 2.45) is 0 Å². The summed E-state index contributed by atoms with van der Waals surface area (Å²) < 4.78 is 20.3. The van der Waals surface area contributed by atoms with Crippen LogP contribution >= 0.6 is 11.8 Å². The molecule has 0 saturated heterocycles. The zero-order valence-electron chi connectivity index (χ0n) is 17.8. The van der Waals surface area contributed by atoms with Gasteiger partial charge in [0.2, 0.25) is 0 Å². The van der Waals surface area contributed by atoms with Gasteiger partial charge in [0.25, 0.3) is 5.56 Å². The number of benzene rings is 2. The Labute approximate surface area is 195 Å². The van der Waals surface area contributed by atoms with Gasteiger partial charge in [0.05, 0.1) is 16.8 Å². The second kappa shape index (κ2) is 8.35. The predicted octanol–water partition coefficient (Wildman–Crippen LogP) is 4.56. The molecule has 34 heavy (non-hydrogen) atoms. The lowest BCUT2D eigenvalue weighted by Gasteiger charge is -2.14.